The van der Waals surface area contributed by atoms with Crippen molar-refractivity contribution in [2.75, 3.05) is 0 Å². The van der Waals surface area contributed by atoms with E-state index in [1.165, 1.54) is 24.3 Å². The van der Waals surface area contributed by atoms with E-state index in [0.29, 0.717) is 0 Å². The van der Waals surface area contributed by atoms with Crippen LogP contribution in [0.25, 0.3) is 33.3 Å². The summed E-state index contributed by atoms with van der Waals surface area (Å²) in [5.74, 6) is 0. The second-order valence-corrected chi connectivity index (χ2v) is 5.90. The van der Waals surface area contributed by atoms with Gasteiger partial charge >= 0.3 is 0 Å². The largest absolute Gasteiger partial charge is 0.354 e. The Kier molecular flexibility index (Phi) is 3.85. The van der Waals surface area contributed by atoms with E-state index in [1.54, 1.807) is 36.7 Å². The minimum atomic E-state index is -0.448. The molecule has 0 aliphatic rings. The number of nitrogens with one attached hydrogen (secondary N) is 1. The lowest BCUT2D eigenvalue weighted by Gasteiger charge is -2.06. The van der Waals surface area contributed by atoms with Gasteiger partial charge in [0.25, 0.3) is 11.4 Å². The zero-order chi connectivity index (χ0) is 19.0. The molecule has 0 fully saturated rings. The fraction of sp³-hybridized carbons (Fsp3) is 0. The van der Waals surface area contributed by atoms with Crippen molar-refractivity contribution in [3.05, 3.63) is 87.2 Å². The number of aromatic nitrogens is 2. The fourth-order valence-electron chi connectivity index (χ4n) is 3.05. The van der Waals surface area contributed by atoms with Crippen molar-refractivity contribution in [1.29, 1.82) is 0 Å². The molecule has 0 aliphatic carbocycles. The van der Waals surface area contributed by atoms with Crippen LogP contribution in [0.15, 0.2) is 67.0 Å². The van der Waals surface area contributed by atoms with Gasteiger partial charge in [-0.05, 0) is 41.5 Å². The van der Waals surface area contributed by atoms with Gasteiger partial charge in [-0.2, -0.15) is 0 Å². The van der Waals surface area contributed by atoms with Crippen LogP contribution in [0.3, 0.4) is 0 Å². The minimum absolute atomic E-state index is 0.00779. The first-order chi connectivity index (χ1) is 13.0. The number of nitro groups is 2. The highest BCUT2D eigenvalue weighted by molar-refractivity contribution is 6.03. The molecule has 0 aliphatic heterocycles. The van der Waals surface area contributed by atoms with Crippen LogP contribution in [0, 0.1) is 20.2 Å². The number of nitro benzene ring substituents is 2. The van der Waals surface area contributed by atoms with Gasteiger partial charge < -0.3 is 4.98 Å². The Morgan fingerprint density at radius 3 is 1.89 bits per heavy atom. The number of hydrogen-bond donors (Lipinski definition) is 1. The summed E-state index contributed by atoms with van der Waals surface area (Å²) in [7, 11) is 0. The Labute approximate surface area is 152 Å². The van der Waals surface area contributed by atoms with Crippen molar-refractivity contribution in [1.82, 2.24) is 9.97 Å². The van der Waals surface area contributed by atoms with Crippen molar-refractivity contribution >= 4 is 22.3 Å². The number of pyridine rings is 1. The monoisotopic (exact) mass is 360 g/mol. The highest BCUT2D eigenvalue weighted by atomic mass is 16.6. The van der Waals surface area contributed by atoms with Crippen LogP contribution in [0.2, 0.25) is 0 Å². The summed E-state index contributed by atoms with van der Waals surface area (Å²) in [6.07, 6.45) is 3.38. The SMILES string of the molecule is O=[N+]([O-])c1ccc(-c2[nH]c3ccncc3c2-c2ccc([N+](=O)[O-])cc2)cc1. The predicted molar refractivity (Wildman–Crippen MR) is 100 cm³/mol. The summed E-state index contributed by atoms with van der Waals surface area (Å²) in [6, 6.07) is 14.3. The normalized spacial score (nSPS) is 10.8. The summed E-state index contributed by atoms with van der Waals surface area (Å²) < 4.78 is 0. The molecule has 0 saturated heterocycles. The van der Waals surface area contributed by atoms with Gasteiger partial charge in [0.05, 0.1) is 15.5 Å². The van der Waals surface area contributed by atoms with E-state index in [0.717, 1.165) is 33.3 Å². The molecule has 132 valence electrons. The fourth-order valence-corrected chi connectivity index (χ4v) is 3.05. The summed E-state index contributed by atoms with van der Waals surface area (Å²) in [4.78, 5) is 28.4. The lowest BCUT2D eigenvalue weighted by molar-refractivity contribution is -0.385. The van der Waals surface area contributed by atoms with E-state index in [1.807, 2.05) is 6.07 Å². The van der Waals surface area contributed by atoms with Gasteiger partial charge in [-0.1, -0.05) is 0 Å². The number of rotatable bonds is 4. The maximum atomic E-state index is 10.9. The van der Waals surface area contributed by atoms with Crippen LogP contribution in [0.4, 0.5) is 11.4 Å². The number of non-ortho nitro benzene ring substituents is 2. The number of H-pyrrole nitrogens is 1. The Hall–Kier alpha value is -4.07. The molecule has 8 heteroatoms. The molecular formula is C19H12N4O4. The van der Waals surface area contributed by atoms with E-state index in [-0.39, 0.29) is 11.4 Å². The van der Waals surface area contributed by atoms with E-state index < -0.39 is 9.85 Å². The summed E-state index contributed by atoms with van der Waals surface area (Å²) >= 11 is 0. The van der Waals surface area contributed by atoms with Crippen molar-refractivity contribution in [2.24, 2.45) is 0 Å². The van der Waals surface area contributed by atoms with Crippen molar-refractivity contribution < 1.29 is 9.85 Å². The van der Waals surface area contributed by atoms with Crippen molar-refractivity contribution in [3.8, 4) is 22.4 Å². The highest BCUT2D eigenvalue weighted by Gasteiger charge is 2.17. The van der Waals surface area contributed by atoms with Gasteiger partial charge in [0, 0.05) is 53.1 Å². The molecule has 0 amide bonds. The minimum Gasteiger partial charge on any atom is -0.354 e. The number of nitrogens with zero attached hydrogens (tertiary/aromatic N) is 3. The first-order valence-electron chi connectivity index (χ1n) is 8.00. The van der Waals surface area contributed by atoms with Crippen LogP contribution in [0.1, 0.15) is 0 Å². The third-order valence-electron chi connectivity index (χ3n) is 4.33. The smallest absolute Gasteiger partial charge is 0.269 e. The number of aromatic amines is 1. The third-order valence-corrected chi connectivity index (χ3v) is 4.33. The van der Waals surface area contributed by atoms with E-state index in [4.69, 9.17) is 0 Å². The Morgan fingerprint density at radius 1 is 0.778 bits per heavy atom. The van der Waals surface area contributed by atoms with E-state index in [2.05, 4.69) is 9.97 Å². The molecule has 2 heterocycles. The molecule has 8 nitrogen and oxygen atoms in total. The molecule has 1 N–H and O–H groups in total. The maximum absolute atomic E-state index is 10.9. The number of fused-ring (bicyclic) bond motifs is 1. The van der Waals surface area contributed by atoms with Crippen LogP contribution >= 0.6 is 0 Å². The Morgan fingerprint density at radius 2 is 1.33 bits per heavy atom. The summed E-state index contributed by atoms with van der Waals surface area (Å²) in [6.45, 7) is 0. The lowest BCUT2D eigenvalue weighted by Crippen LogP contribution is -1.89. The molecule has 27 heavy (non-hydrogen) atoms. The van der Waals surface area contributed by atoms with Gasteiger partial charge in [-0.3, -0.25) is 25.2 Å². The van der Waals surface area contributed by atoms with Crippen LogP contribution in [0.5, 0.6) is 0 Å². The average molecular weight is 360 g/mol. The van der Waals surface area contributed by atoms with Crippen LogP contribution < -0.4 is 0 Å². The van der Waals surface area contributed by atoms with E-state index in [9.17, 15) is 20.2 Å². The number of benzene rings is 2. The standard InChI is InChI=1S/C19H12N4O4/c24-22(25)14-5-1-12(2-6-14)18-16-11-20-10-9-17(16)21-19(18)13-3-7-15(8-4-13)23(26)27/h1-11,21H. The molecule has 0 radical (unpaired) electrons. The van der Waals surface area contributed by atoms with Gasteiger partial charge in [0.1, 0.15) is 0 Å². The Bertz CT molecular complexity index is 1160. The average Bonchev–Trinajstić information content (AvgIpc) is 3.07. The van der Waals surface area contributed by atoms with Gasteiger partial charge in [-0.25, -0.2) is 0 Å². The molecule has 0 atom stereocenters. The number of hydrogen-bond acceptors (Lipinski definition) is 5. The lowest BCUT2D eigenvalue weighted by atomic mass is 9.99. The van der Waals surface area contributed by atoms with Gasteiger partial charge in [-0.15, -0.1) is 0 Å². The third kappa shape index (κ3) is 2.89. The first kappa shape index (κ1) is 16.4. The molecule has 0 bridgehead atoms. The molecule has 4 rings (SSSR count). The highest BCUT2D eigenvalue weighted by Crippen LogP contribution is 2.38. The molecule has 0 unspecified atom stereocenters. The maximum Gasteiger partial charge on any atom is 0.269 e. The molecule has 0 saturated carbocycles. The second-order valence-electron chi connectivity index (χ2n) is 5.90. The Balaban J connectivity index is 1.91. The molecule has 4 aromatic rings. The molecular weight excluding hydrogens is 348 g/mol. The van der Waals surface area contributed by atoms with Gasteiger partial charge in [0.2, 0.25) is 0 Å². The predicted octanol–water partition coefficient (Wildman–Crippen LogP) is 4.71. The summed E-state index contributed by atoms with van der Waals surface area (Å²) in [5.41, 5.74) is 4.02. The van der Waals surface area contributed by atoms with Crippen LogP contribution in [-0.2, 0) is 0 Å². The topological polar surface area (TPSA) is 115 Å². The zero-order valence-electron chi connectivity index (χ0n) is 13.8. The van der Waals surface area contributed by atoms with Crippen molar-refractivity contribution in [2.45, 2.75) is 0 Å². The van der Waals surface area contributed by atoms with Crippen LogP contribution in [-0.4, -0.2) is 19.8 Å². The van der Waals surface area contributed by atoms with Crippen molar-refractivity contribution in [3.63, 3.8) is 0 Å². The van der Waals surface area contributed by atoms with E-state index >= 15 is 0 Å². The molecule has 2 aromatic carbocycles. The quantitative estimate of drug-likeness (QED) is 0.418. The second kappa shape index (κ2) is 6.34. The van der Waals surface area contributed by atoms with Gasteiger partial charge in [0.15, 0.2) is 0 Å². The molecule has 2 aromatic heterocycles. The molecule has 0 spiro atoms. The first-order valence-corrected chi connectivity index (χ1v) is 8.00. The zero-order valence-corrected chi connectivity index (χ0v) is 13.8. The summed E-state index contributed by atoms with van der Waals surface area (Å²) in [5, 5.41) is 22.7.